The summed E-state index contributed by atoms with van der Waals surface area (Å²) >= 11 is 0. The molecule has 1 amide bonds. The third-order valence-corrected chi connectivity index (χ3v) is 3.26. The highest BCUT2D eigenvalue weighted by Crippen LogP contribution is 2.25. The molecule has 0 heterocycles. The lowest BCUT2D eigenvalue weighted by molar-refractivity contribution is -0.384. The number of methoxy groups -OCH3 is 1. The van der Waals surface area contributed by atoms with E-state index in [1.54, 1.807) is 0 Å². The zero-order chi connectivity index (χ0) is 14.5. The molecule has 0 unspecified atom stereocenters. The second kappa shape index (κ2) is 6.33. The quantitative estimate of drug-likeness (QED) is 0.659. The lowest BCUT2D eigenvalue weighted by atomic mass is 10.1. The Morgan fingerprint density at radius 1 is 1.40 bits per heavy atom. The summed E-state index contributed by atoms with van der Waals surface area (Å²) in [7, 11) is 1.35. The van der Waals surface area contributed by atoms with Crippen molar-refractivity contribution in [3.8, 4) is 5.75 Å². The Labute approximate surface area is 116 Å². The summed E-state index contributed by atoms with van der Waals surface area (Å²) in [6, 6.07) is 3.82. The van der Waals surface area contributed by atoms with Gasteiger partial charge in [0.15, 0.2) is 0 Å². The number of non-ortho nitro benzene ring substituents is 1. The number of hydrogen-bond donors (Lipinski definition) is 1. The van der Waals surface area contributed by atoms with E-state index in [1.807, 2.05) is 0 Å². The molecule has 1 aromatic rings. The number of amides is 1. The molecule has 0 aliphatic heterocycles. The molecule has 2 rings (SSSR count). The number of nitrogens with one attached hydrogen (secondary N) is 1. The van der Waals surface area contributed by atoms with E-state index in [0.29, 0.717) is 0 Å². The van der Waals surface area contributed by atoms with Crippen molar-refractivity contribution in [1.29, 1.82) is 0 Å². The van der Waals surface area contributed by atoms with Crippen LogP contribution in [-0.4, -0.2) is 24.0 Å². The molecule has 108 valence electrons. The van der Waals surface area contributed by atoms with Gasteiger partial charge in [-0.1, -0.05) is 12.8 Å². The molecule has 1 fully saturated rings. The van der Waals surface area contributed by atoms with Gasteiger partial charge < -0.3 is 4.74 Å². The summed E-state index contributed by atoms with van der Waals surface area (Å²) in [4.78, 5) is 27.4. The maximum atomic E-state index is 12.0. The molecular weight excluding hydrogens is 264 g/mol. The minimum absolute atomic E-state index is 0.0444. The van der Waals surface area contributed by atoms with Crippen LogP contribution in [0.4, 0.5) is 5.69 Å². The van der Waals surface area contributed by atoms with E-state index >= 15 is 0 Å². The van der Waals surface area contributed by atoms with E-state index in [2.05, 4.69) is 5.48 Å². The fraction of sp³-hybridized carbons (Fsp3) is 0.462. The molecule has 7 nitrogen and oxygen atoms in total. The van der Waals surface area contributed by atoms with Crippen LogP contribution in [0.15, 0.2) is 18.2 Å². The van der Waals surface area contributed by atoms with Crippen molar-refractivity contribution in [2.45, 2.75) is 31.8 Å². The zero-order valence-corrected chi connectivity index (χ0v) is 11.1. The average Bonchev–Trinajstić information content (AvgIpc) is 2.97. The van der Waals surface area contributed by atoms with Gasteiger partial charge >= 0.3 is 0 Å². The molecule has 20 heavy (non-hydrogen) atoms. The van der Waals surface area contributed by atoms with Gasteiger partial charge in [-0.3, -0.25) is 19.7 Å². The number of benzene rings is 1. The van der Waals surface area contributed by atoms with Gasteiger partial charge in [0.05, 0.1) is 29.8 Å². The first-order valence-corrected chi connectivity index (χ1v) is 6.40. The van der Waals surface area contributed by atoms with Gasteiger partial charge in [-0.2, -0.15) is 0 Å². The Kier molecular flexibility index (Phi) is 4.52. The number of carbonyl (C=O) groups excluding carboxylic acids is 1. The summed E-state index contributed by atoms with van der Waals surface area (Å²) in [6.07, 6.45) is 4.10. The molecule has 7 heteroatoms. The van der Waals surface area contributed by atoms with E-state index in [4.69, 9.17) is 9.57 Å². The number of rotatable bonds is 5. The molecule has 0 radical (unpaired) electrons. The van der Waals surface area contributed by atoms with Crippen LogP contribution in [0.2, 0.25) is 0 Å². The number of nitrogens with zero attached hydrogens (tertiary/aromatic N) is 1. The first kappa shape index (κ1) is 14.3. The normalized spacial score (nSPS) is 15.1. The number of nitro benzene ring substituents is 1. The van der Waals surface area contributed by atoms with Crippen LogP contribution in [0.1, 0.15) is 36.0 Å². The van der Waals surface area contributed by atoms with E-state index in [0.717, 1.165) is 25.7 Å². The van der Waals surface area contributed by atoms with Crippen LogP contribution in [0.25, 0.3) is 0 Å². The Morgan fingerprint density at radius 3 is 2.70 bits per heavy atom. The summed E-state index contributed by atoms with van der Waals surface area (Å²) in [5, 5.41) is 10.7. The van der Waals surface area contributed by atoms with Crippen LogP contribution in [0.5, 0.6) is 5.75 Å². The maximum Gasteiger partial charge on any atom is 0.278 e. The predicted molar refractivity (Wildman–Crippen MR) is 70.5 cm³/mol. The minimum Gasteiger partial charge on any atom is -0.496 e. The molecule has 0 bridgehead atoms. The molecule has 0 atom stereocenters. The van der Waals surface area contributed by atoms with Crippen molar-refractivity contribution in [3.05, 3.63) is 33.9 Å². The van der Waals surface area contributed by atoms with Crippen LogP contribution in [0.3, 0.4) is 0 Å². The van der Waals surface area contributed by atoms with Crippen molar-refractivity contribution < 1.29 is 19.3 Å². The summed E-state index contributed by atoms with van der Waals surface area (Å²) in [5.41, 5.74) is 2.45. The highest BCUT2D eigenvalue weighted by Gasteiger charge is 2.20. The molecule has 1 aliphatic carbocycles. The zero-order valence-electron chi connectivity index (χ0n) is 11.1. The molecule has 1 N–H and O–H groups in total. The van der Waals surface area contributed by atoms with Gasteiger partial charge in [0.1, 0.15) is 5.75 Å². The number of hydrogen-bond acceptors (Lipinski definition) is 5. The van der Waals surface area contributed by atoms with Gasteiger partial charge in [-0.15, -0.1) is 0 Å². The Morgan fingerprint density at radius 2 is 2.10 bits per heavy atom. The highest BCUT2D eigenvalue weighted by molar-refractivity contribution is 5.96. The van der Waals surface area contributed by atoms with Gasteiger partial charge in [0, 0.05) is 6.07 Å². The van der Waals surface area contributed by atoms with Gasteiger partial charge in [-0.25, -0.2) is 5.48 Å². The van der Waals surface area contributed by atoms with Gasteiger partial charge in [0.25, 0.3) is 11.6 Å². The Bertz CT molecular complexity index is 511. The molecule has 0 saturated heterocycles. The van der Waals surface area contributed by atoms with Crippen molar-refractivity contribution >= 4 is 11.6 Å². The van der Waals surface area contributed by atoms with E-state index < -0.39 is 10.8 Å². The van der Waals surface area contributed by atoms with Crippen LogP contribution >= 0.6 is 0 Å². The third kappa shape index (κ3) is 3.24. The van der Waals surface area contributed by atoms with Crippen molar-refractivity contribution in [2.75, 3.05) is 7.11 Å². The number of nitro groups is 1. The monoisotopic (exact) mass is 280 g/mol. The van der Waals surface area contributed by atoms with Crippen molar-refractivity contribution in [2.24, 2.45) is 0 Å². The fourth-order valence-electron chi connectivity index (χ4n) is 2.18. The van der Waals surface area contributed by atoms with E-state index in [1.165, 1.54) is 25.3 Å². The summed E-state index contributed by atoms with van der Waals surface area (Å²) < 4.78 is 5.01. The smallest absolute Gasteiger partial charge is 0.278 e. The maximum absolute atomic E-state index is 12.0. The lowest BCUT2D eigenvalue weighted by Gasteiger charge is -2.12. The second-order valence-electron chi connectivity index (χ2n) is 4.60. The van der Waals surface area contributed by atoms with E-state index in [9.17, 15) is 14.9 Å². The Hall–Kier alpha value is -2.15. The van der Waals surface area contributed by atoms with Crippen LogP contribution in [-0.2, 0) is 4.84 Å². The molecule has 0 spiro atoms. The largest absolute Gasteiger partial charge is 0.496 e. The number of hydroxylamine groups is 1. The van der Waals surface area contributed by atoms with E-state index in [-0.39, 0.29) is 23.1 Å². The highest BCUT2D eigenvalue weighted by atomic mass is 16.7. The van der Waals surface area contributed by atoms with Crippen molar-refractivity contribution in [1.82, 2.24) is 5.48 Å². The first-order chi connectivity index (χ1) is 9.61. The summed E-state index contributed by atoms with van der Waals surface area (Å²) in [6.45, 7) is 0. The Balaban J connectivity index is 2.06. The standard InChI is InChI=1S/C13H16N2O5/c1-19-12-8-9(15(17)18)6-7-11(12)13(16)14-20-10-4-2-3-5-10/h6-8,10H,2-5H2,1H3,(H,14,16). The van der Waals surface area contributed by atoms with Crippen LogP contribution in [0, 0.1) is 10.1 Å². The first-order valence-electron chi connectivity index (χ1n) is 6.40. The average molecular weight is 280 g/mol. The number of carbonyl (C=O) groups is 1. The predicted octanol–water partition coefficient (Wildman–Crippen LogP) is 2.21. The van der Waals surface area contributed by atoms with Crippen LogP contribution < -0.4 is 10.2 Å². The topological polar surface area (TPSA) is 90.7 Å². The van der Waals surface area contributed by atoms with Gasteiger partial charge in [-0.05, 0) is 18.9 Å². The molecule has 0 aromatic heterocycles. The van der Waals surface area contributed by atoms with Gasteiger partial charge in [0.2, 0.25) is 0 Å². The lowest BCUT2D eigenvalue weighted by Crippen LogP contribution is -2.28. The third-order valence-electron chi connectivity index (χ3n) is 3.26. The molecule has 1 aliphatic rings. The summed E-state index contributed by atoms with van der Waals surface area (Å²) in [5.74, 6) is -0.324. The molecular formula is C13H16N2O5. The fourth-order valence-corrected chi connectivity index (χ4v) is 2.18. The second-order valence-corrected chi connectivity index (χ2v) is 4.60. The minimum atomic E-state index is -0.542. The van der Waals surface area contributed by atoms with Crippen molar-refractivity contribution in [3.63, 3.8) is 0 Å². The SMILES string of the molecule is COc1cc([N+](=O)[O-])ccc1C(=O)NOC1CCCC1. The molecule has 1 aromatic carbocycles. The number of ether oxygens (including phenoxy) is 1. The molecule has 1 saturated carbocycles.